The lowest BCUT2D eigenvalue weighted by molar-refractivity contribution is 0.544. The van der Waals surface area contributed by atoms with Crippen LogP contribution in [0.5, 0.6) is 0 Å². The summed E-state index contributed by atoms with van der Waals surface area (Å²) >= 11 is 0. The SMILES string of the molecule is C#CC(C)NS(=O)(=O)c1cc(F)ccc1F. The van der Waals surface area contributed by atoms with Crippen LogP contribution in [0.3, 0.4) is 0 Å². The fourth-order valence-corrected chi connectivity index (χ4v) is 2.27. The molecule has 0 saturated carbocycles. The van der Waals surface area contributed by atoms with Gasteiger partial charge in [0.1, 0.15) is 16.5 Å². The molecule has 0 heterocycles. The first kappa shape index (κ1) is 12.6. The molecule has 1 atom stereocenters. The lowest BCUT2D eigenvalue weighted by atomic mass is 10.3. The van der Waals surface area contributed by atoms with Crippen molar-refractivity contribution in [3.8, 4) is 12.3 Å². The van der Waals surface area contributed by atoms with Crippen LogP contribution in [-0.4, -0.2) is 14.5 Å². The number of halogens is 2. The molecule has 0 saturated heterocycles. The molecule has 6 heteroatoms. The standard InChI is InChI=1S/C10H9F2NO2S/c1-3-7(2)13-16(14,15)10-6-8(11)4-5-9(10)12/h1,4-7,13H,2H3. The Bertz CT molecular complexity index is 534. The maximum Gasteiger partial charge on any atom is 0.244 e. The van der Waals surface area contributed by atoms with Gasteiger partial charge in [-0.05, 0) is 25.1 Å². The van der Waals surface area contributed by atoms with Gasteiger partial charge in [0.25, 0.3) is 0 Å². The van der Waals surface area contributed by atoms with Crippen molar-refractivity contribution in [2.45, 2.75) is 17.9 Å². The van der Waals surface area contributed by atoms with E-state index in [1.54, 1.807) is 0 Å². The van der Waals surface area contributed by atoms with Crippen LogP contribution >= 0.6 is 0 Å². The molecule has 86 valence electrons. The summed E-state index contributed by atoms with van der Waals surface area (Å²) in [6, 6.07) is 1.37. The van der Waals surface area contributed by atoms with Gasteiger partial charge in [0.05, 0.1) is 6.04 Å². The van der Waals surface area contributed by atoms with E-state index in [0.717, 1.165) is 12.1 Å². The van der Waals surface area contributed by atoms with Gasteiger partial charge in [-0.3, -0.25) is 0 Å². The minimum Gasteiger partial charge on any atom is -0.207 e. The molecule has 1 unspecified atom stereocenters. The number of hydrogen-bond acceptors (Lipinski definition) is 2. The van der Waals surface area contributed by atoms with E-state index in [-0.39, 0.29) is 0 Å². The Morgan fingerprint density at radius 3 is 2.62 bits per heavy atom. The molecule has 16 heavy (non-hydrogen) atoms. The third-order valence-electron chi connectivity index (χ3n) is 1.76. The number of rotatable bonds is 3. The summed E-state index contributed by atoms with van der Waals surface area (Å²) in [4.78, 5) is -0.755. The molecule has 0 fully saturated rings. The Labute approximate surface area is 92.5 Å². The summed E-state index contributed by atoms with van der Waals surface area (Å²) in [5.74, 6) is 0.251. The summed E-state index contributed by atoms with van der Waals surface area (Å²) in [5, 5.41) is 0. The van der Waals surface area contributed by atoms with Gasteiger partial charge < -0.3 is 0 Å². The fraction of sp³-hybridized carbons (Fsp3) is 0.200. The van der Waals surface area contributed by atoms with E-state index in [1.165, 1.54) is 6.92 Å². The van der Waals surface area contributed by atoms with Crippen LogP contribution in [-0.2, 0) is 10.0 Å². The second-order valence-corrected chi connectivity index (χ2v) is 4.77. The highest BCUT2D eigenvalue weighted by molar-refractivity contribution is 7.89. The van der Waals surface area contributed by atoms with Crippen molar-refractivity contribution in [1.82, 2.24) is 4.72 Å². The first-order valence-electron chi connectivity index (χ1n) is 4.30. The molecule has 0 radical (unpaired) electrons. The zero-order valence-corrected chi connectivity index (χ0v) is 9.18. The third kappa shape index (κ3) is 2.78. The second-order valence-electron chi connectivity index (χ2n) is 3.08. The molecule has 0 aromatic heterocycles. The number of terminal acetylenes is 1. The Morgan fingerprint density at radius 2 is 2.06 bits per heavy atom. The highest BCUT2D eigenvalue weighted by Gasteiger charge is 2.21. The van der Waals surface area contributed by atoms with Crippen LogP contribution in [0.15, 0.2) is 23.1 Å². The minimum atomic E-state index is -4.13. The summed E-state index contributed by atoms with van der Waals surface area (Å²) in [7, 11) is -4.13. The topological polar surface area (TPSA) is 46.2 Å². The van der Waals surface area contributed by atoms with Gasteiger partial charge in [-0.25, -0.2) is 17.2 Å². The van der Waals surface area contributed by atoms with Crippen LogP contribution in [0.2, 0.25) is 0 Å². The number of sulfonamides is 1. The van der Waals surface area contributed by atoms with E-state index in [4.69, 9.17) is 6.42 Å². The fourth-order valence-electron chi connectivity index (χ4n) is 1.01. The van der Waals surface area contributed by atoms with Crippen LogP contribution in [0, 0.1) is 24.0 Å². The number of nitrogens with one attached hydrogen (secondary N) is 1. The first-order chi connectivity index (χ1) is 7.36. The van der Waals surface area contributed by atoms with E-state index >= 15 is 0 Å². The molecule has 0 spiro atoms. The van der Waals surface area contributed by atoms with Crippen molar-refractivity contribution < 1.29 is 17.2 Å². The Morgan fingerprint density at radius 1 is 1.44 bits per heavy atom. The minimum absolute atomic E-state index is 0.598. The molecule has 0 aliphatic carbocycles. The van der Waals surface area contributed by atoms with Gasteiger partial charge in [-0.1, -0.05) is 5.92 Å². The third-order valence-corrected chi connectivity index (χ3v) is 3.32. The number of hydrogen-bond donors (Lipinski definition) is 1. The monoisotopic (exact) mass is 245 g/mol. The van der Waals surface area contributed by atoms with Crippen molar-refractivity contribution in [3.05, 3.63) is 29.8 Å². The van der Waals surface area contributed by atoms with Crippen LogP contribution in [0.25, 0.3) is 0 Å². The molecular weight excluding hydrogens is 236 g/mol. The zero-order chi connectivity index (χ0) is 12.3. The summed E-state index contributed by atoms with van der Waals surface area (Å²) in [6.45, 7) is 1.41. The summed E-state index contributed by atoms with van der Waals surface area (Å²) in [6.07, 6.45) is 4.98. The van der Waals surface area contributed by atoms with Crippen molar-refractivity contribution in [2.75, 3.05) is 0 Å². The Balaban J connectivity index is 3.18. The normalized spacial score (nSPS) is 13.1. The number of benzene rings is 1. The summed E-state index contributed by atoms with van der Waals surface area (Å²) in [5.41, 5.74) is 0. The van der Waals surface area contributed by atoms with Gasteiger partial charge in [-0.15, -0.1) is 6.42 Å². The van der Waals surface area contributed by atoms with Gasteiger partial charge in [-0.2, -0.15) is 4.72 Å². The van der Waals surface area contributed by atoms with Crippen LogP contribution in [0.1, 0.15) is 6.92 Å². The lowest BCUT2D eigenvalue weighted by Crippen LogP contribution is -2.32. The van der Waals surface area contributed by atoms with E-state index in [9.17, 15) is 17.2 Å². The predicted octanol–water partition coefficient (Wildman–Crippen LogP) is 1.26. The van der Waals surface area contributed by atoms with E-state index in [1.807, 2.05) is 4.72 Å². The molecule has 0 aliphatic rings. The second kappa shape index (κ2) is 4.60. The molecule has 3 nitrogen and oxygen atoms in total. The highest BCUT2D eigenvalue weighted by Crippen LogP contribution is 2.15. The van der Waals surface area contributed by atoms with Gasteiger partial charge in [0.2, 0.25) is 10.0 Å². The molecule has 0 bridgehead atoms. The zero-order valence-electron chi connectivity index (χ0n) is 8.37. The average molecular weight is 245 g/mol. The average Bonchev–Trinajstić information content (AvgIpc) is 2.20. The van der Waals surface area contributed by atoms with Crippen molar-refractivity contribution in [1.29, 1.82) is 0 Å². The molecule has 1 aromatic rings. The molecular formula is C10H9F2NO2S. The van der Waals surface area contributed by atoms with Crippen LogP contribution < -0.4 is 4.72 Å². The van der Waals surface area contributed by atoms with Crippen molar-refractivity contribution in [2.24, 2.45) is 0 Å². The molecule has 0 aliphatic heterocycles. The van der Waals surface area contributed by atoms with Gasteiger partial charge in [0.15, 0.2) is 0 Å². The van der Waals surface area contributed by atoms with E-state index in [2.05, 4.69) is 5.92 Å². The lowest BCUT2D eigenvalue weighted by Gasteiger charge is -2.09. The molecule has 0 amide bonds. The summed E-state index contributed by atoms with van der Waals surface area (Å²) < 4.78 is 51.1. The predicted molar refractivity (Wildman–Crippen MR) is 55.0 cm³/mol. The van der Waals surface area contributed by atoms with Gasteiger partial charge >= 0.3 is 0 Å². The molecule has 1 aromatic carbocycles. The Hall–Kier alpha value is -1.45. The van der Waals surface area contributed by atoms with Crippen molar-refractivity contribution >= 4 is 10.0 Å². The van der Waals surface area contributed by atoms with Crippen molar-refractivity contribution in [3.63, 3.8) is 0 Å². The first-order valence-corrected chi connectivity index (χ1v) is 5.78. The van der Waals surface area contributed by atoms with Crippen LogP contribution in [0.4, 0.5) is 8.78 Å². The molecule has 1 N–H and O–H groups in total. The maximum atomic E-state index is 13.2. The highest BCUT2D eigenvalue weighted by atomic mass is 32.2. The van der Waals surface area contributed by atoms with Gasteiger partial charge in [0, 0.05) is 0 Å². The smallest absolute Gasteiger partial charge is 0.207 e. The quantitative estimate of drug-likeness (QED) is 0.815. The van der Waals surface area contributed by atoms with E-state index in [0.29, 0.717) is 6.07 Å². The Kier molecular flexibility index (Phi) is 3.62. The largest absolute Gasteiger partial charge is 0.244 e. The van der Waals surface area contributed by atoms with E-state index < -0.39 is 32.6 Å². The maximum absolute atomic E-state index is 13.2. The molecule has 1 rings (SSSR count).